The lowest BCUT2D eigenvalue weighted by Crippen LogP contribution is -2.53. The second-order valence-electron chi connectivity index (χ2n) is 8.53. The van der Waals surface area contributed by atoms with Crippen molar-refractivity contribution in [3.05, 3.63) is 60.2 Å². The lowest BCUT2D eigenvalue weighted by atomic mass is 9.73. The molecule has 0 aliphatic heterocycles. The Labute approximate surface area is 201 Å². The number of ether oxygens (including phenoxy) is 2. The molecule has 2 amide bonds. The van der Waals surface area contributed by atoms with E-state index in [2.05, 4.69) is 23.3 Å². The molecule has 7 heteroatoms. The molecule has 1 fully saturated rings. The maximum atomic E-state index is 13.5. The van der Waals surface area contributed by atoms with Crippen LogP contribution < -0.4 is 15.4 Å². The highest BCUT2D eigenvalue weighted by atomic mass is 32.1. The van der Waals surface area contributed by atoms with Gasteiger partial charge in [0.15, 0.2) is 0 Å². The van der Waals surface area contributed by atoms with Crippen LogP contribution in [0, 0.1) is 5.41 Å². The van der Waals surface area contributed by atoms with Crippen molar-refractivity contribution in [2.45, 2.75) is 51.2 Å². The molecule has 2 aromatic rings. The van der Waals surface area contributed by atoms with Crippen molar-refractivity contribution >= 4 is 30.1 Å². The molecule has 0 radical (unpaired) electrons. The number of anilines is 1. The van der Waals surface area contributed by atoms with E-state index < -0.39 is 11.5 Å². The van der Waals surface area contributed by atoms with E-state index in [4.69, 9.17) is 9.47 Å². The van der Waals surface area contributed by atoms with Crippen LogP contribution in [0.25, 0.3) is 0 Å². The highest BCUT2D eigenvalue weighted by Gasteiger charge is 2.42. The van der Waals surface area contributed by atoms with Crippen LogP contribution in [0.1, 0.15) is 38.2 Å². The molecule has 33 heavy (non-hydrogen) atoms. The molecule has 1 saturated carbocycles. The molecule has 0 unspecified atom stereocenters. The summed E-state index contributed by atoms with van der Waals surface area (Å²) >= 11 is 4.53. The van der Waals surface area contributed by atoms with E-state index in [1.54, 1.807) is 7.11 Å². The van der Waals surface area contributed by atoms with Crippen LogP contribution in [0.3, 0.4) is 0 Å². The molecule has 3 rings (SSSR count). The molecule has 0 spiro atoms. The first-order chi connectivity index (χ1) is 16.0. The average Bonchev–Trinajstić information content (AvgIpc) is 2.85. The van der Waals surface area contributed by atoms with Crippen LogP contribution in [0.5, 0.6) is 5.75 Å². The van der Waals surface area contributed by atoms with Gasteiger partial charge >= 0.3 is 0 Å². The predicted octanol–water partition coefficient (Wildman–Crippen LogP) is 4.26. The van der Waals surface area contributed by atoms with E-state index >= 15 is 0 Å². The number of thiol groups is 1. The molecular formula is C26H34N2O4S. The van der Waals surface area contributed by atoms with Crippen molar-refractivity contribution in [2.75, 3.05) is 24.8 Å². The Morgan fingerprint density at radius 1 is 1.09 bits per heavy atom. The molecule has 0 heterocycles. The zero-order valence-electron chi connectivity index (χ0n) is 19.4. The van der Waals surface area contributed by atoms with Gasteiger partial charge in [-0.05, 0) is 62.4 Å². The summed E-state index contributed by atoms with van der Waals surface area (Å²) in [5.74, 6) is 0.817. The van der Waals surface area contributed by atoms with Gasteiger partial charge in [0, 0.05) is 24.5 Å². The van der Waals surface area contributed by atoms with Crippen molar-refractivity contribution < 1.29 is 19.1 Å². The maximum absolute atomic E-state index is 13.5. The normalized spacial score (nSPS) is 21.1. The van der Waals surface area contributed by atoms with E-state index in [1.165, 1.54) is 0 Å². The number of hydrogen-bond acceptors (Lipinski definition) is 5. The monoisotopic (exact) mass is 470 g/mol. The van der Waals surface area contributed by atoms with Gasteiger partial charge in [0.2, 0.25) is 11.8 Å². The number of carbonyl (C=O) groups is 2. The Bertz CT molecular complexity index is 896. The Kier molecular flexibility index (Phi) is 9.21. The molecule has 0 saturated heterocycles. The topological polar surface area (TPSA) is 76.7 Å². The minimum Gasteiger partial charge on any atom is -0.497 e. The summed E-state index contributed by atoms with van der Waals surface area (Å²) in [4.78, 5) is 26.7. The fraction of sp³-hybridized carbons (Fsp3) is 0.462. The first-order valence-corrected chi connectivity index (χ1v) is 12.1. The molecule has 0 aromatic heterocycles. The van der Waals surface area contributed by atoms with Gasteiger partial charge in [0.25, 0.3) is 0 Å². The molecule has 1 aliphatic carbocycles. The first kappa shape index (κ1) is 25.1. The third kappa shape index (κ3) is 6.74. The minimum absolute atomic E-state index is 0.117. The molecule has 1 aliphatic rings. The number of carbonyl (C=O) groups excluding carboxylic acids is 2. The van der Waals surface area contributed by atoms with E-state index in [0.29, 0.717) is 37.3 Å². The second kappa shape index (κ2) is 12.1. The van der Waals surface area contributed by atoms with Crippen molar-refractivity contribution in [3.8, 4) is 5.75 Å². The summed E-state index contributed by atoms with van der Waals surface area (Å²) in [5.41, 5.74) is 1.03. The summed E-state index contributed by atoms with van der Waals surface area (Å²) in [6, 6.07) is 16.1. The third-order valence-electron chi connectivity index (χ3n) is 6.34. The summed E-state index contributed by atoms with van der Waals surface area (Å²) in [6.45, 7) is 2.66. The van der Waals surface area contributed by atoms with Gasteiger partial charge in [0.1, 0.15) is 11.8 Å². The largest absolute Gasteiger partial charge is 0.497 e. The first-order valence-electron chi connectivity index (χ1n) is 11.5. The van der Waals surface area contributed by atoms with E-state index in [9.17, 15) is 9.59 Å². The summed E-state index contributed by atoms with van der Waals surface area (Å²) < 4.78 is 11.0. The smallest absolute Gasteiger partial charge is 0.247 e. The fourth-order valence-electron chi connectivity index (χ4n) is 4.27. The quantitative estimate of drug-likeness (QED) is 0.454. The van der Waals surface area contributed by atoms with Gasteiger partial charge in [-0.2, -0.15) is 12.6 Å². The van der Waals surface area contributed by atoms with Gasteiger partial charge in [-0.15, -0.1) is 0 Å². The third-order valence-corrected chi connectivity index (χ3v) is 6.94. The average molecular weight is 471 g/mol. The number of hydrogen-bond donors (Lipinski definition) is 3. The SMILES string of the molecule is CCO[C@H]1CC[C@@](CS)(C(=O)N[C@@H](Cc2ccc(OC)cc2)C(=O)Nc2ccccc2)CC1. The predicted molar refractivity (Wildman–Crippen MR) is 134 cm³/mol. The van der Waals surface area contributed by atoms with Crippen molar-refractivity contribution in [2.24, 2.45) is 5.41 Å². The van der Waals surface area contributed by atoms with Crippen LogP contribution >= 0.6 is 12.6 Å². The Hall–Kier alpha value is -2.51. The summed E-state index contributed by atoms with van der Waals surface area (Å²) in [5, 5.41) is 5.98. The number of methoxy groups -OCH3 is 1. The van der Waals surface area contributed by atoms with Crippen molar-refractivity contribution in [3.63, 3.8) is 0 Å². The highest BCUT2D eigenvalue weighted by Crippen LogP contribution is 2.39. The van der Waals surface area contributed by atoms with Crippen LogP contribution in [0.15, 0.2) is 54.6 Å². The Balaban J connectivity index is 1.75. The molecule has 0 bridgehead atoms. The van der Waals surface area contributed by atoms with Gasteiger partial charge in [0.05, 0.1) is 18.6 Å². The second-order valence-corrected chi connectivity index (χ2v) is 8.84. The van der Waals surface area contributed by atoms with E-state index in [0.717, 1.165) is 24.2 Å². The lowest BCUT2D eigenvalue weighted by Gasteiger charge is -2.38. The van der Waals surface area contributed by atoms with E-state index in [1.807, 2.05) is 61.5 Å². The summed E-state index contributed by atoms with van der Waals surface area (Å²) in [7, 11) is 1.61. The molecule has 6 nitrogen and oxygen atoms in total. The highest BCUT2D eigenvalue weighted by molar-refractivity contribution is 7.80. The van der Waals surface area contributed by atoms with Gasteiger partial charge in [-0.1, -0.05) is 30.3 Å². The number of benzene rings is 2. The van der Waals surface area contributed by atoms with Gasteiger partial charge < -0.3 is 20.1 Å². The van der Waals surface area contributed by atoms with Crippen molar-refractivity contribution in [1.82, 2.24) is 5.32 Å². The number of para-hydroxylation sites is 1. The number of nitrogens with one attached hydrogen (secondary N) is 2. The lowest BCUT2D eigenvalue weighted by molar-refractivity contribution is -0.136. The molecule has 178 valence electrons. The Morgan fingerprint density at radius 2 is 1.76 bits per heavy atom. The van der Waals surface area contributed by atoms with Crippen LogP contribution in [-0.2, 0) is 20.7 Å². The minimum atomic E-state index is -0.715. The van der Waals surface area contributed by atoms with Crippen molar-refractivity contribution in [1.29, 1.82) is 0 Å². The number of amides is 2. The zero-order valence-corrected chi connectivity index (χ0v) is 20.3. The standard InChI is InChI=1S/C26H34N2O4S/c1-3-32-22-13-15-26(18-33,16-14-22)25(30)28-23(17-19-9-11-21(31-2)12-10-19)24(29)27-20-7-5-4-6-8-20/h4-12,22-23,33H,3,13-18H2,1-2H3,(H,27,29)(H,28,30)/t22-,23-,26+/m0/s1. The molecule has 2 N–H and O–H groups in total. The van der Waals surface area contributed by atoms with Gasteiger partial charge in [-0.25, -0.2) is 0 Å². The zero-order chi connectivity index (χ0) is 23.7. The summed E-state index contributed by atoms with van der Waals surface area (Å²) in [6.07, 6.45) is 3.60. The molecule has 1 atom stereocenters. The van der Waals surface area contributed by atoms with E-state index in [-0.39, 0.29) is 17.9 Å². The molecular weight excluding hydrogens is 436 g/mol. The Morgan fingerprint density at radius 3 is 2.33 bits per heavy atom. The molecule has 2 aromatic carbocycles. The van der Waals surface area contributed by atoms with Crippen LogP contribution in [-0.4, -0.2) is 43.4 Å². The van der Waals surface area contributed by atoms with Crippen LogP contribution in [0.4, 0.5) is 5.69 Å². The number of rotatable bonds is 10. The maximum Gasteiger partial charge on any atom is 0.247 e. The fourth-order valence-corrected chi connectivity index (χ4v) is 4.73. The van der Waals surface area contributed by atoms with Crippen LogP contribution in [0.2, 0.25) is 0 Å². The van der Waals surface area contributed by atoms with Gasteiger partial charge in [-0.3, -0.25) is 9.59 Å².